The van der Waals surface area contributed by atoms with Gasteiger partial charge < -0.3 is 10.5 Å². The average molecular weight is 278 g/mol. The molecule has 3 rings (SSSR count). The summed E-state index contributed by atoms with van der Waals surface area (Å²) >= 11 is 0. The van der Waals surface area contributed by atoms with Gasteiger partial charge in [0.15, 0.2) is 0 Å². The Morgan fingerprint density at radius 2 is 2.15 bits per heavy atom. The van der Waals surface area contributed by atoms with E-state index in [2.05, 4.69) is 4.90 Å². The van der Waals surface area contributed by atoms with Crippen LogP contribution in [0.4, 0.5) is 9.18 Å². The quantitative estimate of drug-likeness (QED) is 0.923. The molecule has 1 aliphatic heterocycles. The van der Waals surface area contributed by atoms with E-state index in [-0.39, 0.29) is 17.5 Å². The Labute approximate surface area is 117 Å². The van der Waals surface area contributed by atoms with Crippen LogP contribution in [0, 0.1) is 5.82 Å². The normalized spacial score (nSPS) is 25.1. The predicted octanol–water partition coefficient (Wildman–Crippen LogP) is 2.37. The first-order valence-electron chi connectivity index (χ1n) is 7.08. The van der Waals surface area contributed by atoms with Crippen molar-refractivity contribution in [1.29, 1.82) is 0 Å². The Kier molecular flexibility index (Phi) is 3.38. The molecular weight excluding hydrogens is 259 g/mol. The van der Waals surface area contributed by atoms with Crippen molar-refractivity contribution < 1.29 is 13.9 Å². The average Bonchev–Trinajstić information content (AvgIpc) is 2.78. The van der Waals surface area contributed by atoms with Crippen LogP contribution in [0.5, 0.6) is 0 Å². The summed E-state index contributed by atoms with van der Waals surface area (Å²) in [6.45, 7) is 1.45. The number of ether oxygens (including phenoxy) is 1. The minimum Gasteiger partial charge on any atom is -0.445 e. The molecule has 4 nitrogen and oxygen atoms in total. The predicted molar refractivity (Wildman–Crippen MR) is 72.6 cm³/mol. The number of primary amides is 1. The van der Waals surface area contributed by atoms with Crippen molar-refractivity contribution in [1.82, 2.24) is 4.90 Å². The second-order valence-corrected chi connectivity index (χ2v) is 5.66. The van der Waals surface area contributed by atoms with Crippen LogP contribution in [0.3, 0.4) is 0 Å². The fourth-order valence-corrected chi connectivity index (χ4v) is 3.48. The van der Waals surface area contributed by atoms with Gasteiger partial charge in [0.2, 0.25) is 0 Å². The number of rotatable bonds is 3. The van der Waals surface area contributed by atoms with Crippen LogP contribution in [0.25, 0.3) is 0 Å². The maximum atomic E-state index is 14.1. The summed E-state index contributed by atoms with van der Waals surface area (Å²) in [7, 11) is 0. The van der Waals surface area contributed by atoms with Gasteiger partial charge in [-0.25, -0.2) is 9.18 Å². The van der Waals surface area contributed by atoms with Crippen LogP contribution in [0.15, 0.2) is 24.3 Å². The molecule has 1 atom stereocenters. The number of carbonyl (C=O) groups is 1. The van der Waals surface area contributed by atoms with Crippen molar-refractivity contribution in [2.45, 2.75) is 37.3 Å². The molecule has 108 valence electrons. The third kappa shape index (κ3) is 2.16. The number of nitrogens with zero attached hydrogens (tertiary/aromatic N) is 1. The number of nitrogens with two attached hydrogens (primary N) is 1. The SMILES string of the molecule is NC(=O)O[C@H]1CCN(C2(c3ccccc3F)CCC2)C1. The molecule has 5 heteroatoms. The number of hydrogen-bond acceptors (Lipinski definition) is 3. The number of hydrogen-bond donors (Lipinski definition) is 1. The number of amides is 1. The van der Waals surface area contributed by atoms with E-state index in [0.717, 1.165) is 37.8 Å². The van der Waals surface area contributed by atoms with Crippen molar-refractivity contribution in [2.24, 2.45) is 5.73 Å². The first-order valence-corrected chi connectivity index (χ1v) is 7.08. The van der Waals surface area contributed by atoms with Crippen LogP contribution < -0.4 is 5.73 Å². The Morgan fingerprint density at radius 3 is 2.75 bits per heavy atom. The highest BCUT2D eigenvalue weighted by Crippen LogP contribution is 2.48. The maximum absolute atomic E-state index is 14.1. The standard InChI is InChI=1S/C15H19FN2O2/c16-13-5-2-1-4-12(13)15(7-3-8-15)18-9-6-11(10-18)20-14(17)19/h1-2,4-5,11H,3,6-10H2,(H2,17,19)/t11-/m0/s1. The summed E-state index contributed by atoms with van der Waals surface area (Å²) in [6.07, 6.45) is 2.88. The lowest BCUT2D eigenvalue weighted by Gasteiger charge is -2.49. The minimum absolute atomic E-state index is 0.147. The lowest BCUT2D eigenvalue weighted by atomic mass is 9.70. The van der Waals surface area contributed by atoms with Crippen molar-refractivity contribution in [3.63, 3.8) is 0 Å². The van der Waals surface area contributed by atoms with Crippen molar-refractivity contribution in [3.8, 4) is 0 Å². The molecule has 1 saturated carbocycles. The Hall–Kier alpha value is -1.62. The lowest BCUT2D eigenvalue weighted by Crippen LogP contribution is -2.51. The molecule has 0 spiro atoms. The summed E-state index contributed by atoms with van der Waals surface area (Å²) in [5.74, 6) is -0.147. The van der Waals surface area contributed by atoms with Gasteiger partial charge in [-0.05, 0) is 31.7 Å². The summed E-state index contributed by atoms with van der Waals surface area (Å²) in [5.41, 5.74) is 5.62. The van der Waals surface area contributed by atoms with Crippen molar-refractivity contribution in [3.05, 3.63) is 35.6 Å². The van der Waals surface area contributed by atoms with Gasteiger partial charge in [0, 0.05) is 24.2 Å². The van der Waals surface area contributed by atoms with E-state index in [1.807, 2.05) is 12.1 Å². The number of halogens is 1. The monoisotopic (exact) mass is 278 g/mol. The molecule has 0 aromatic heterocycles. The molecule has 2 N–H and O–H groups in total. The molecule has 0 unspecified atom stereocenters. The van der Waals surface area contributed by atoms with E-state index in [1.165, 1.54) is 6.07 Å². The summed E-state index contributed by atoms with van der Waals surface area (Å²) < 4.78 is 19.2. The van der Waals surface area contributed by atoms with Crippen LogP contribution in [0.2, 0.25) is 0 Å². The molecule has 2 aliphatic rings. The molecule has 0 radical (unpaired) electrons. The van der Waals surface area contributed by atoms with Gasteiger partial charge >= 0.3 is 6.09 Å². The molecule has 1 aromatic carbocycles. The summed E-state index contributed by atoms with van der Waals surface area (Å²) in [5, 5.41) is 0. The second-order valence-electron chi connectivity index (χ2n) is 5.66. The first-order chi connectivity index (χ1) is 9.62. The summed E-state index contributed by atoms with van der Waals surface area (Å²) in [4.78, 5) is 13.1. The molecule has 20 heavy (non-hydrogen) atoms. The Bertz CT molecular complexity index is 516. The number of carbonyl (C=O) groups excluding carboxylic acids is 1. The van der Waals surface area contributed by atoms with Gasteiger partial charge in [-0.1, -0.05) is 18.2 Å². The smallest absolute Gasteiger partial charge is 0.404 e. The molecule has 2 fully saturated rings. The van der Waals surface area contributed by atoms with Crippen LogP contribution >= 0.6 is 0 Å². The van der Waals surface area contributed by atoms with Gasteiger partial charge in [0.05, 0.1) is 0 Å². The fourth-order valence-electron chi connectivity index (χ4n) is 3.48. The Balaban J connectivity index is 1.81. The third-order valence-corrected chi connectivity index (χ3v) is 4.59. The zero-order valence-corrected chi connectivity index (χ0v) is 11.3. The molecule has 1 aliphatic carbocycles. The van der Waals surface area contributed by atoms with E-state index in [4.69, 9.17) is 10.5 Å². The number of likely N-dealkylation sites (tertiary alicyclic amines) is 1. The van der Waals surface area contributed by atoms with Crippen molar-refractivity contribution >= 4 is 6.09 Å². The zero-order chi connectivity index (χ0) is 14.2. The third-order valence-electron chi connectivity index (χ3n) is 4.59. The molecule has 1 aromatic rings. The van der Waals surface area contributed by atoms with E-state index < -0.39 is 6.09 Å². The van der Waals surface area contributed by atoms with E-state index in [9.17, 15) is 9.18 Å². The largest absolute Gasteiger partial charge is 0.445 e. The highest BCUT2D eigenvalue weighted by atomic mass is 19.1. The van der Waals surface area contributed by atoms with E-state index in [1.54, 1.807) is 6.07 Å². The molecule has 1 saturated heterocycles. The Morgan fingerprint density at radius 1 is 1.40 bits per heavy atom. The van der Waals surface area contributed by atoms with Crippen LogP contribution in [-0.2, 0) is 10.3 Å². The van der Waals surface area contributed by atoms with Gasteiger partial charge in [-0.15, -0.1) is 0 Å². The molecule has 1 heterocycles. The van der Waals surface area contributed by atoms with Gasteiger partial charge in [-0.3, -0.25) is 4.90 Å². The van der Waals surface area contributed by atoms with Gasteiger partial charge in [0.25, 0.3) is 0 Å². The minimum atomic E-state index is -0.731. The highest BCUT2D eigenvalue weighted by Gasteiger charge is 2.48. The molecular formula is C15H19FN2O2. The lowest BCUT2D eigenvalue weighted by molar-refractivity contribution is 0.0160. The molecule has 1 amide bonds. The van der Waals surface area contributed by atoms with Crippen molar-refractivity contribution in [2.75, 3.05) is 13.1 Å². The maximum Gasteiger partial charge on any atom is 0.404 e. The highest BCUT2D eigenvalue weighted by molar-refractivity contribution is 5.64. The zero-order valence-electron chi connectivity index (χ0n) is 11.3. The second kappa shape index (κ2) is 5.05. The fraction of sp³-hybridized carbons (Fsp3) is 0.533. The van der Waals surface area contributed by atoms with Gasteiger partial charge in [-0.2, -0.15) is 0 Å². The molecule has 0 bridgehead atoms. The topological polar surface area (TPSA) is 55.6 Å². The van der Waals surface area contributed by atoms with E-state index >= 15 is 0 Å². The number of benzene rings is 1. The van der Waals surface area contributed by atoms with Gasteiger partial charge in [0.1, 0.15) is 11.9 Å². The van der Waals surface area contributed by atoms with E-state index in [0.29, 0.717) is 6.54 Å². The summed E-state index contributed by atoms with van der Waals surface area (Å²) in [6, 6.07) is 6.99. The first kappa shape index (κ1) is 13.4. The van der Waals surface area contributed by atoms with Crippen LogP contribution in [0.1, 0.15) is 31.2 Å². The van der Waals surface area contributed by atoms with Crippen LogP contribution in [-0.4, -0.2) is 30.2 Å².